The number of carbonyl (C=O) groups is 1. The molecule has 0 bridgehead atoms. The minimum Gasteiger partial charge on any atom is -0.442 e. The summed E-state index contributed by atoms with van der Waals surface area (Å²) in [4.78, 5) is 16.9. The standard InChI is InChI=1S/C18H25N5O4S/c1-21-9-11-22(12-10-21)18(24)14-3-2-8-23(13-14)28(25,26)17-5-4-16(27-17)15-6-7-19-20-15/h4-7,14H,2-3,8-13H2,1H3,(H,19,20)/t14-/m0/s1. The molecular formula is C18H25N5O4S. The van der Waals surface area contributed by atoms with Crippen LogP contribution in [-0.4, -0.2) is 84.9 Å². The van der Waals surface area contributed by atoms with E-state index in [9.17, 15) is 13.2 Å². The van der Waals surface area contributed by atoms with Crippen molar-refractivity contribution >= 4 is 15.9 Å². The Kier molecular flexibility index (Phi) is 5.26. The Bertz CT molecular complexity index is 916. The smallest absolute Gasteiger partial charge is 0.276 e. The normalized spacial score (nSPS) is 22.5. The number of rotatable bonds is 4. The van der Waals surface area contributed by atoms with E-state index >= 15 is 0 Å². The van der Waals surface area contributed by atoms with E-state index in [0.717, 1.165) is 19.5 Å². The molecule has 2 aliphatic heterocycles. The van der Waals surface area contributed by atoms with Crippen LogP contribution in [0.3, 0.4) is 0 Å². The molecule has 2 saturated heterocycles. The van der Waals surface area contributed by atoms with Gasteiger partial charge in [0.1, 0.15) is 5.69 Å². The second-order valence-electron chi connectivity index (χ2n) is 7.42. The van der Waals surface area contributed by atoms with Gasteiger partial charge in [0.05, 0.1) is 5.92 Å². The molecule has 1 atom stereocenters. The first-order valence-corrected chi connectivity index (χ1v) is 11.0. The molecule has 2 aromatic rings. The van der Waals surface area contributed by atoms with Crippen LogP contribution in [0.4, 0.5) is 0 Å². The van der Waals surface area contributed by atoms with Crippen molar-refractivity contribution in [1.82, 2.24) is 24.3 Å². The molecule has 152 valence electrons. The maximum absolute atomic E-state index is 13.0. The number of H-pyrrole nitrogens is 1. The predicted octanol–water partition coefficient (Wildman–Crippen LogP) is 0.844. The summed E-state index contributed by atoms with van der Waals surface area (Å²) < 4.78 is 33.0. The summed E-state index contributed by atoms with van der Waals surface area (Å²) >= 11 is 0. The Balaban J connectivity index is 1.47. The van der Waals surface area contributed by atoms with Gasteiger partial charge in [-0.3, -0.25) is 9.89 Å². The highest BCUT2D eigenvalue weighted by molar-refractivity contribution is 7.89. The van der Waals surface area contributed by atoms with Crippen molar-refractivity contribution in [1.29, 1.82) is 0 Å². The third-order valence-corrected chi connectivity index (χ3v) is 7.23. The summed E-state index contributed by atoms with van der Waals surface area (Å²) in [5, 5.41) is 6.49. The third kappa shape index (κ3) is 3.71. The van der Waals surface area contributed by atoms with E-state index in [-0.39, 0.29) is 23.5 Å². The molecule has 1 amide bonds. The zero-order valence-electron chi connectivity index (χ0n) is 15.9. The fraction of sp³-hybridized carbons (Fsp3) is 0.556. The number of piperazine rings is 1. The second kappa shape index (κ2) is 7.69. The largest absolute Gasteiger partial charge is 0.442 e. The van der Waals surface area contributed by atoms with Crippen molar-refractivity contribution < 1.29 is 17.6 Å². The van der Waals surface area contributed by atoms with Crippen LogP contribution in [-0.2, 0) is 14.8 Å². The number of amides is 1. The summed E-state index contributed by atoms with van der Waals surface area (Å²) in [5.41, 5.74) is 0.614. The first-order valence-electron chi connectivity index (χ1n) is 9.52. The number of carbonyl (C=O) groups excluding carboxylic acids is 1. The Hall–Kier alpha value is -2.17. The number of hydrogen-bond acceptors (Lipinski definition) is 6. The summed E-state index contributed by atoms with van der Waals surface area (Å²) in [5.74, 6) is 0.178. The molecule has 4 heterocycles. The zero-order chi connectivity index (χ0) is 19.7. The predicted molar refractivity (Wildman–Crippen MR) is 102 cm³/mol. The van der Waals surface area contributed by atoms with Crippen molar-refractivity contribution in [2.75, 3.05) is 46.3 Å². The molecule has 0 saturated carbocycles. The average Bonchev–Trinajstić information content (AvgIpc) is 3.40. The quantitative estimate of drug-likeness (QED) is 0.806. The number of piperidine rings is 1. The second-order valence-corrected chi connectivity index (χ2v) is 9.29. The molecule has 0 aliphatic carbocycles. The molecule has 2 aliphatic rings. The van der Waals surface area contributed by atoms with Crippen LogP contribution in [0, 0.1) is 5.92 Å². The lowest BCUT2D eigenvalue weighted by atomic mass is 9.98. The maximum Gasteiger partial charge on any atom is 0.276 e. The fourth-order valence-electron chi connectivity index (χ4n) is 3.77. The number of nitrogens with zero attached hydrogens (tertiary/aromatic N) is 4. The summed E-state index contributed by atoms with van der Waals surface area (Å²) in [7, 11) is -1.75. The molecule has 9 nitrogen and oxygen atoms in total. The topological polar surface area (TPSA) is 103 Å². The summed E-state index contributed by atoms with van der Waals surface area (Å²) in [6.45, 7) is 3.70. The van der Waals surface area contributed by atoms with Gasteiger partial charge in [0.2, 0.25) is 11.0 Å². The monoisotopic (exact) mass is 407 g/mol. The fourth-order valence-corrected chi connectivity index (χ4v) is 5.21. The zero-order valence-corrected chi connectivity index (χ0v) is 16.7. The van der Waals surface area contributed by atoms with E-state index in [0.29, 0.717) is 37.5 Å². The van der Waals surface area contributed by atoms with E-state index in [4.69, 9.17) is 4.42 Å². The van der Waals surface area contributed by atoms with E-state index < -0.39 is 10.0 Å². The SMILES string of the molecule is CN1CCN(C(=O)[C@H]2CCCN(S(=O)(=O)c3ccc(-c4ccn[nH]4)o3)C2)CC1. The van der Waals surface area contributed by atoms with Gasteiger partial charge in [-0.25, -0.2) is 8.42 Å². The summed E-state index contributed by atoms with van der Waals surface area (Å²) in [6, 6.07) is 4.77. The van der Waals surface area contributed by atoms with Gasteiger partial charge in [-0.15, -0.1) is 0 Å². The molecule has 0 unspecified atom stereocenters. The van der Waals surface area contributed by atoms with Crippen LogP contribution >= 0.6 is 0 Å². The average molecular weight is 407 g/mol. The van der Waals surface area contributed by atoms with Gasteiger partial charge in [0, 0.05) is 45.5 Å². The number of nitrogens with one attached hydrogen (secondary N) is 1. The minimum atomic E-state index is -3.78. The van der Waals surface area contributed by atoms with Crippen LogP contribution in [0.2, 0.25) is 0 Å². The molecule has 2 aromatic heterocycles. The lowest BCUT2D eigenvalue weighted by molar-refractivity contribution is -0.138. The van der Waals surface area contributed by atoms with Crippen LogP contribution in [0.1, 0.15) is 12.8 Å². The first-order chi connectivity index (χ1) is 13.4. The molecule has 28 heavy (non-hydrogen) atoms. The van der Waals surface area contributed by atoms with Crippen molar-refractivity contribution in [3.63, 3.8) is 0 Å². The number of sulfonamides is 1. The maximum atomic E-state index is 13.0. The van der Waals surface area contributed by atoms with E-state index in [1.807, 2.05) is 11.9 Å². The molecule has 10 heteroatoms. The van der Waals surface area contributed by atoms with E-state index in [1.54, 1.807) is 18.3 Å². The first kappa shape index (κ1) is 19.2. The third-order valence-electron chi connectivity index (χ3n) is 5.49. The van der Waals surface area contributed by atoms with Crippen LogP contribution < -0.4 is 0 Å². The Morgan fingerprint density at radius 1 is 1.18 bits per heavy atom. The van der Waals surface area contributed by atoms with Crippen LogP contribution in [0.15, 0.2) is 33.9 Å². The Morgan fingerprint density at radius 2 is 1.96 bits per heavy atom. The number of furan rings is 1. The van der Waals surface area contributed by atoms with E-state index in [2.05, 4.69) is 15.1 Å². The van der Waals surface area contributed by atoms with Gasteiger partial charge >= 0.3 is 0 Å². The number of aromatic amines is 1. The highest BCUT2D eigenvalue weighted by atomic mass is 32.2. The molecule has 0 aromatic carbocycles. The highest BCUT2D eigenvalue weighted by Gasteiger charge is 2.37. The van der Waals surface area contributed by atoms with Gasteiger partial charge in [-0.05, 0) is 38.1 Å². The van der Waals surface area contributed by atoms with Gasteiger partial charge in [0.15, 0.2) is 5.76 Å². The molecular weight excluding hydrogens is 382 g/mol. The minimum absolute atomic E-state index is 0.0607. The molecule has 4 rings (SSSR count). The van der Waals surface area contributed by atoms with Crippen molar-refractivity contribution in [3.05, 3.63) is 24.4 Å². The summed E-state index contributed by atoms with van der Waals surface area (Å²) in [6.07, 6.45) is 2.96. The van der Waals surface area contributed by atoms with Gasteiger partial charge in [-0.2, -0.15) is 9.40 Å². The van der Waals surface area contributed by atoms with Gasteiger partial charge < -0.3 is 14.2 Å². The van der Waals surface area contributed by atoms with Gasteiger partial charge in [0.25, 0.3) is 10.0 Å². The van der Waals surface area contributed by atoms with Crippen molar-refractivity contribution in [2.45, 2.75) is 17.9 Å². The number of hydrogen-bond donors (Lipinski definition) is 1. The lowest BCUT2D eigenvalue weighted by Gasteiger charge is -2.37. The number of aromatic nitrogens is 2. The number of likely N-dealkylation sites (N-methyl/N-ethyl adjacent to an activating group) is 1. The Morgan fingerprint density at radius 3 is 2.68 bits per heavy atom. The lowest BCUT2D eigenvalue weighted by Crippen LogP contribution is -2.52. The van der Waals surface area contributed by atoms with Crippen LogP contribution in [0.5, 0.6) is 0 Å². The van der Waals surface area contributed by atoms with Gasteiger partial charge in [-0.1, -0.05) is 0 Å². The molecule has 2 fully saturated rings. The van der Waals surface area contributed by atoms with Crippen molar-refractivity contribution in [3.8, 4) is 11.5 Å². The molecule has 0 radical (unpaired) electrons. The Labute approximate surface area is 164 Å². The molecule has 1 N–H and O–H groups in total. The van der Waals surface area contributed by atoms with Crippen LogP contribution in [0.25, 0.3) is 11.5 Å². The van der Waals surface area contributed by atoms with E-state index in [1.165, 1.54) is 10.4 Å². The molecule has 0 spiro atoms. The highest BCUT2D eigenvalue weighted by Crippen LogP contribution is 2.28. The van der Waals surface area contributed by atoms with Crippen molar-refractivity contribution in [2.24, 2.45) is 5.92 Å².